The van der Waals surface area contributed by atoms with E-state index >= 15 is 0 Å². The molecule has 94 valence electrons. The molecule has 0 aliphatic carbocycles. The second kappa shape index (κ2) is 5.83. The van der Waals surface area contributed by atoms with Crippen molar-refractivity contribution in [3.05, 3.63) is 68.9 Å². The second-order valence-corrected chi connectivity index (χ2v) is 5.40. The number of aliphatic hydroxyl groups excluding tert-OH is 1. The zero-order valence-electron chi connectivity index (χ0n) is 9.41. The SMILES string of the molecule is OC(Cc1ccc(Cl)cc1)c1cc(F)cc(Br)c1. The Morgan fingerprint density at radius 1 is 1.17 bits per heavy atom. The Morgan fingerprint density at radius 3 is 2.44 bits per heavy atom. The van der Waals surface area contributed by atoms with Crippen LogP contribution in [0.25, 0.3) is 0 Å². The monoisotopic (exact) mass is 328 g/mol. The molecular formula is C14H11BrClFO. The summed E-state index contributed by atoms with van der Waals surface area (Å²) in [5.74, 6) is -0.366. The Balaban J connectivity index is 2.16. The van der Waals surface area contributed by atoms with Gasteiger partial charge in [-0.25, -0.2) is 4.39 Å². The van der Waals surface area contributed by atoms with Gasteiger partial charge in [-0.15, -0.1) is 0 Å². The van der Waals surface area contributed by atoms with E-state index in [1.54, 1.807) is 18.2 Å². The fourth-order valence-electron chi connectivity index (χ4n) is 1.73. The lowest BCUT2D eigenvalue weighted by atomic mass is 10.0. The summed E-state index contributed by atoms with van der Waals surface area (Å²) in [5, 5.41) is 10.7. The van der Waals surface area contributed by atoms with Gasteiger partial charge in [0.2, 0.25) is 0 Å². The van der Waals surface area contributed by atoms with Gasteiger partial charge >= 0.3 is 0 Å². The molecule has 0 heterocycles. The van der Waals surface area contributed by atoms with Crippen LogP contribution in [-0.2, 0) is 6.42 Å². The highest BCUT2D eigenvalue weighted by Crippen LogP contribution is 2.23. The first-order chi connectivity index (χ1) is 8.54. The molecule has 2 aromatic carbocycles. The van der Waals surface area contributed by atoms with Crippen LogP contribution in [0.1, 0.15) is 17.2 Å². The molecule has 0 aliphatic heterocycles. The minimum Gasteiger partial charge on any atom is -0.388 e. The highest BCUT2D eigenvalue weighted by atomic mass is 79.9. The van der Waals surface area contributed by atoms with Gasteiger partial charge in [0.25, 0.3) is 0 Å². The van der Waals surface area contributed by atoms with Crippen LogP contribution in [0.15, 0.2) is 46.9 Å². The van der Waals surface area contributed by atoms with Crippen molar-refractivity contribution in [3.63, 3.8) is 0 Å². The van der Waals surface area contributed by atoms with Crippen LogP contribution in [0.4, 0.5) is 4.39 Å². The average Bonchev–Trinajstić information content (AvgIpc) is 2.31. The van der Waals surface area contributed by atoms with Crippen LogP contribution in [0.5, 0.6) is 0 Å². The van der Waals surface area contributed by atoms with Crippen LogP contribution in [0.3, 0.4) is 0 Å². The fraction of sp³-hybridized carbons (Fsp3) is 0.143. The Kier molecular flexibility index (Phi) is 4.38. The van der Waals surface area contributed by atoms with E-state index in [-0.39, 0.29) is 5.82 Å². The van der Waals surface area contributed by atoms with Gasteiger partial charge in [-0.3, -0.25) is 0 Å². The maximum atomic E-state index is 13.2. The minimum atomic E-state index is -0.738. The van der Waals surface area contributed by atoms with Gasteiger partial charge in [0.1, 0.15) is 5.82 Å². The Bertz CT molecular complexity index is 522. The number of rotatable bonds is 3. The molecule has 18 heavy (non-hydrogen) atoms. The van der Waals surface area contributed by atoms with E-state index in [1.807, 2.05) is 12.1 Å². The van der Waals surface area contributed by atoms with Crippen molar-refractivity contribution in [1.82, 2.24) is 0 Å². The van der Waals surface area contributed by atoms with E-state index in [0.717, 1.165) is 5.56 Å². The topological polar surface area (TPSA) is 20.2 Å². The van der Waals surface area contributed by atoms with Crippen molar-refractivity contribution in [3.8, 4) is 0 Å². The molecule has 0 saturated carbocycles. The van der Waals surface area contributed by atoms with Gasteiger partial charge in [0.15, 0.2) is 0 Å². The van der Waals surface area contributed by atoms with Gasteiger partial charge in [-0.2, -0.15) is 0 Å². The highest BCUT2D eigenvalue weighted by Gasteiger charge is 2.10. The first kappa shape index (κ1) is 13.5. The van der Waals surface area contributed by atoms with E-state index in [1.165, 1.54) is 12.1 Å². The summed E-state index contributed by atoms with van der Waals surface area (Å²) in [7, 11) is 0. The van der Waals surface area contributed by atoms with Crippen molar-refractivity contribution in [1.29, 1.82) is 0 Å². The molecule has 1 N–H and O–H groups in total. The lowest BCUT2D eigenvalue weighted by Crippen LogP contribution is -2.02. The molecule has 0 saturated heterocycles. The van der Waals surface area contributed by atoms with Crippen LogP contribution < -0.4 is 0 Å². The third-order valence-corrected chi connectivity index (χ3v) is 3.32. The third-order valence-electron chi connectivity index (χ3n) is 2.61. The summed E-state index contributed by atoms with van der Waals surface area (Å²) in [5.41, 5.74) is 1.50. The number of benzene rings is 2. The predicted molar refractivity (Wildman–Crippen MR) is 74.2 cm³/mol. The molecule has 0 spiro atoms. The van der Waals surface area contributed by atoms with Gasteiger partial charge in [-0.1, -0.05) is 39.7 Å². The van der Waals surface area contributed by atoms with E-state index in [4.69, 9.17) is 11.6 Å². The lowest BCUT2D eigenvalue weighted by molar-refractivity contribution is 0.178. The standard InChI is InChI=1S/C14H11BrClFO/c15-11-6-10(7-13(17)8-11)14(18)5-9-1-3-12(16)4-2-9/h1-4,6-8,14,18H,5H2. The van der Waals surface area contributed by atoms with Gasteiger partial charge < -0.3 is 5.11 Å². The number of hydrogen-bond donors (Lipinski definition) is 1. The first-order valence-corrected chi connectivity index (χ1v) is 6.60. The molecule has 0 amide bonds. The van der Waals surface area contributed by atoms with Crippen molar-refractivity contribution in [2.75, 3.05) is 0 Å². The summed E-state index contributed by atoms with van der Waals surface area (Å²) in [4.78, 5) is 0. The smallest absolute Gasteiger partial charge is 0.124 e. The van der Waals surface area contributed by atoms with Crippen LogP contribution in [-0.4, -0.2) is 5.11 Å². The molecule has 2 aromatic rings. The zero-order chi connectivity index (χ0) is 13.1. The molecule has 4 heteroatoms. The van der Waals surface area contributed by atoms with Crippen molar-refractivity contribution in [2.45, 2.75) is 12.5 Å². The van der Waals surface area contributed by atoms with E-state index in [9.17, 15) is 9.50 Å². The molecule has 1 atom stereocenters. The third kappa shape index (κ3) is 3.55. The predicted octanol–water partition coefficient (Wildman–Crippen LogP) is 4.52. The molecular weight excluding hydrogens is 319 g/mol. The average molecular weight is 330 g/mol. The van der Waals surface area contributed by atoms with Crippen LogP contribution in [0.2, 0.25) is 5.02 Å². The Hall–Kier alpha value is -0.900. The number of halogens is 3. The van der Waals surface area contributed by atoms with E-state index < -0.39 is 6.10 Å². The second-order valence-electron chi connectivity index (χ2n) is 4.05. The molecule has 1 nitrogen and oxygen atoms in total. The number of hydrogen-bond acceptors (Lipinski definition) is 1. The molecule has 0 fully saturated rings. The molecule has 2 rings (SSSR count). The minimum absolute atomic E-state index is 0.366. The molecule has 0 aliphatic rings. The Labute approximate surface area is 118 Å². The van der Waals surface area contributed by atoms with Crippen LogP contribution in [0, 0.1) is 5.82 Å². The Morgan fingerprint density at radius 2 is 1.83 bits per heavy atom. The van der Waals surface area contributed by atoms with Crippen molar-refractivity contribution < 1.29 is 9.50 Å². The summed E-state index contributed by atoms with van der Waals surface area (Å²) in [6.45, 7) is 0. The zero-order valence-corrected chi connectivity index (χ0v) is 11.7. The maximum Gasteiger partial charge on any atom is 0.124 e. The summed E-state index contributed by atoms with van der Waals surface area (Å²) < 4.78 is 13.8. The summed E-state index contributed by atoms with van der Waals surface area (Å²) in [6.07, 6.45) is -0.314. The van der Waals surface area contributed by atoms with Gasteiger partial charge in [-0.05, 0) is 41.5 Å². The lowest BCUT2D eigenvalue weighted by Gasteiger charge is -2.12. The maximum absolute atomic E-state index is 13.2. The molecule has 0 radical (unpaired) electrons. The van der Waals surface area contributed by atoms with Crippen molar-refractivity contribution >= 4 is 27.5 Å². The number of aliphatic hydroxyl groups is 1. The van der Waals surface area contributed by atoms with E-state index in [0.29, 0.717) is 21.5 Å². The normalized spacial score (nSPS) is 12.4. The van der Waals surface area contributed by atoms with Crippen LogP contribution >= 0.6 is 27.5 Å². The summed E-state index contributed by atoms with van der Waals surface area (Å²) in [6, 6.07) is 11.6. The highest BCUT2D eigenvalue weighted by molar-refractivity contribution is 9.10. The first-order valence-electron chi connectivity index (χ1n) is 5.43. The summed E-state index contributed by atoms with van der Waals surface area (Å²) >= 11 is 9.00. The van der Waals surface area contributed by atoms with Gasteiger partial charge in [0.05, 0.1) is 6.10 Å². The molecule has 1 unspecified atom stereocenters. The van der Waals surface area contributed by atoms with E-state index in [2.05, 4.69) is 15.9 Å². The van der Waals surface area contributed by atoms with Gasteiger partial charge in [0, 0.05) is 15.9 Å². The molecule has 0 bridgehead atoms. The fourth-order valence-corrected chi connectivity index (χ4v) is 2.34. The largest absolute Gasteiger partial charge is 0.388 e. The van der Waals surface area contributed by atoms with Crippen molar-refractivity contribution in [2.24, 2.45) is 0 Å². The molecule has 0 aromatic heterocycles. The quantitative estimate of drug-likeness (QED) is 0.878.